The number of nitrogens with zero attached hydrogens (tertiary/aromatic N) is 2. The van der Waals surface area contributed by atoms with Crippen molar-refractivity contribution >= 4 is 29.2 Å². The van der Waals surface area contributed by atoms with Crippen molar-refractivity contribution in [2.45, 2.75) is 58.8 Å². The summed E-state index contributed by atoms with van der Waals surface area (Å²) in [5.41, 5.74) is 3.26. The van der Waals surface area contributed by atoms with Crippen LogP contribution in [0, 0.1) is 13.8 Å². The summed E-state index contributed by atoms with van der Waals surface area (Å²) in [6.07, 6.45) is 13.0. The molecule has 1 aromatic carbocycles. The molecule has 2 rings (SSSR count). The van der Waals surface area contributed by atoms with Crippen molar-refractivity contribution < 1.29 is 19.2 Å². The molecule has 1 heterocycles. The molecule has 35 heavy (non-hydrogen) atoms. The molecule has 1 saturated heterocycles. The minimum Gasteiger partial charge on any atom is -0.462 e. The first-order valence-corrected chi connectivity index (χ1v) is 12.6. The number of benzene rings is 1. The maximum Gasteiger partial charge on any atom is 0.338 e. The SMILES string of the molecule is C=CCC/C=C/C(Cc1c(Cl)c(C)cc(C)c1C(=O)OCCC=C)=N/OCC(=O)N1CCCCC1. The van der Waals surface area contributed by atoms with Crippen LogP contribution in [0.3, 0.4) is 0 Å². The highest BCUT2D eigenvalue weighted by Crippen LogP contribution is 2.29. The molecule has 0 N–H and O–H groups in total. The Morgan fingerprint density at radius 3 is 2.49 bits per heavy atom. The van der Waals surface area contributed by atoms with E-state index in [1.165, 1.54) is 0 Å². The second kappa shape index (κ2) is 15.2. The van der Waals surface area contributed by atoms with Crippen molar-refractivity contribution in [3.05, 3.63) is 70.8 Å². The highest BCUT2D eigenvalue weighted by molar-refractivity contribution is 6.33. The fraction of sp³-hybridized carbons (Fsp3) is 0.464. The minimum atomic E-state index is -0.433. The number of amides is 1. The van der Waals surface area contributed by atoms with Crippen LogP contribution in [0.25, 0.3) is 0 Å². The van der Waals surface area contributed by atoms with E-state index >= 15 is 0 Å². The summed E-state index contributed by atoms with van der Waals surface area (Å²) < 4.78 is 5.44. The van der Waals surface area contributed by atoms with E-state index in [1.807, 2.05) is 43.0 Å². The van der Waals surface area contributed by atoms with E-state index < -0.39 is 5.97 Å². The standard InChI is InChI=1S/C28H37ClN2O4/c1-5-7-9-11-14-23(30-35-20-25(32)31-15-12-10-13-16-31)19-24-26(28(33)34-17-8-6-2)21(3)18-22(4)27(24)29/h5-6,11,14,18H,1-2,7-10,12-13,15-17,19-20H2,3-4H3/b14-11+,30-23-. The number of aryl methyl sites for hydroxylation is 2. The van der Waals surface area contributed by atoms with Gasteiger partial charge in [0.15, 0.2) is 6.61 Å². The first-order chi connectivity index (χ1) is 16.9. The summed E-state index contributed by atoms with van der Waals surface area (Å²) in [7, 11) is 0. The number of unbranched alkanes of at least 4 members (excludes halogenated alkanes) is 1. The Balaban J connectivity index is 2.28. The lowest BCUT2D eigenvalue weighted by Crippen LogP contribution is -2.37. The van der Waals surface area contributed by atoms with Gasteiger partial charge in [-0.3, -0.25) is 4.79 Å². The molecule has 1 aliphatic rings. The van der Waals surface area contributed by atoms with Crippen molar-refractivity contribution in [2.24, 2.45) is 5.16 Å². The summed E-state index contributed by atoms with van der Waals surface area (Å²) >= 11 is 6.67. The van der Waals surface area contributed by atoms with Gasteiger partial charge < -0.3 is 14.5 Å². The first-order valence-electron chi connectivity index (χ1n) is 12.2. The van der Waals surface area contributed by atoms with E-state index in [9.17, 15) is 9.59 Å². The number of allylic oxidation sites excluding steroid dienone is 3. The van der Waals surface area contributed by atoms with Gasteiger partial charge in [-0.25, -0.2) is 4.79 Å². The lowest BCUT2D eigenvalue weighted by atomic mass is 9.94. The predicted molar refractivity (Wildman–Crippen MR) is 142 cm³/mol. The minimum absolute atomic E-state index is 0.0700. The Bertz CT molecular complexity index is 962. The van der Waals surface area contributed by atoms with Gasteiger partial charge in [-0.05, 0) is 75.1 Å². The van der Waals surface area contributed by atoms with E-state index in [2.05, 4.69) is 18.3 Å². The van der Waals surface area contributed by atoms with Crippen LogP contribution >= 0.6 is 11.6 Å². The molecule has 190 valence electrons. The van der Waals surface area contributed by atoms with Crippen molar-refractivity contribution in [2.75, 3.05) is 26.3 Å². The lowest BCUT2D eigenvalue weighted by molar-refractivity contribution is -0.137. The number of oxime groups is 1. The largest absolute Gasteiger partial charge is 0.462 e. The number of ether oxygens (including phenoxy) is 1. The van der Waals surface area contributed by atoms with Crippen molar-refractivity contribution in [1.29, 1.82) is 0 Å². The molecular formula is C28H37ClN2O4. The second-order valence-corrected chi connectivity index (χ2v) is 9.01. The van der Waals surface area contributed by atoms with Crippen molar-refractivity contribution in [1.82, 2.24) is 4.90 Å². The summed E-state index contributed by atoms with van der Waals surface area (Å²) in [5.74, 6) is -0.503. The number of hydrogen-bond acceptors (Lipinski definition) is 5. The van der Waals surface area contributed by atoms with E-state index in [4.69, 9.17) is 21.2 Å². The van der Waals surface area contributed by atoms with Gasteiger partial charge in [0.05, 0.1) is 17.9 Å². The highest BCUT2D eigenvalue weighted by atomic mass is 35.5. The quantitative estimate of drug-likeness (QED) is 0.107. The molecule has 0 aromatic heterocycles. The Labute approximate surface area is 214 Å². The van der Waals surface area contributed by atoms with Crippen LogP contribution in [0.5, 0.6) is 0 Å². The molecule has 0 bridgehead atoms. The zero-order valence-electron chi connectivity index (χ0n) is 21.0. The average Bonchev–Trinajstić information content (AvgIpc) is 2.85. The van der Waals surface area contributed by atoms with E-state index in [1.54, 1.807) is 6.08 Å². The Morgan fingerprint density at radius 1 is 1.09 bits per heavy atom. The summed E-state index contributed by atoms with van der Waals surface area (Å²) in [6.45, 7) is 12.8. The third-order valence-corrected chi connectivity index (χ3v) is 6.31. The number of piperidine rings is 1. The molecule has 0 unspecified atom stereocenters. The maximum absolute atomic E-state index is 12.9. The van der Waals surface area contributed by atoms with Crippen molar-refractivity contribution in [3.8, 4) is 0 Å². The van der Waals surface area contributed by atoms with Gasteiger partial charge in [0, 0.05) is 24.5 Å². The van der Waals surface area contributed by atoms with E-state index in [-0.39, 0.29) is 25.5 Å². The zero-order chi connectivity index (χ0) is 25.6. The lowest BCUT2D eigenvalue weighted by Gasteiger charge is -2.26. The molecule has 1 aromatic rings. The molecule has 0 spiro atoms. The fourth-order valence-corrected chi connectivity index (χ4v) is 4.16. The molecular weight excluding hydrogens is 464 g/mol. The molecule has 0 atom stereocenters. The smallest absolute Gasteiger partial charge is 0.338 e. The number of carbonyl (C=O) groups is 2. The monoisotopic (exact) mass is 500 g/mol. The zero-order valence-corrected chi connectivity index (χ0v) is 21.7. The van der Waals surface area contributed by atoms with Gasteiger partial charge in [-0.15, -0.1) is 13.2 Å². The predicted octanol–water partition coefficient (Wildman–Crippen LogP) is 6.14. The average molecular weight is 501 g/mol. The molecule has 6 nitrogen and oxygen atoms in total. The fourth-order valence-electron chi connectivity index (χ4n) is 3.94. The van der Waals surface area contributed by atoms with Crippen LogP contribution in [0.2, 0.25) is 5.02 Å². The molecule has 1 aliphatic heterocycles. The third-order valence-electron chi connectivity index (χ3n) is 5.78. The van der Waals surface area contributed by atoms with Gasteiger partial charge in [-0.1, -0.05) is 41.1 Å². The Kier molecular flexibility index (Phi) is 12.3. The molecule has 0 saturated carbocycles. The number of rotatable bonds is 13. The van der Waals surface area contributed by atoms with Crippen LogP contribution in [0.15, 0.2) is 48.7 Å². The number of carbonyl (C=O) groups excluding carboxylic acids is 2. The van der Waals surface area contributed by atoms with Gasteiger partial charge in [-0.2, -0.15) is 0 Å². The number of halogens is 1. The normalized spacial score (nSPS) is 14.1. The van der Waals surface area contributed by atoms with Crippen LogP contribution < -0.4 is 0 Å². The van der Waals surface area contributed by atoms with Gasteiger partial charge in [0.1, 0.15) is 0 Å². The van der Waals surface area contributed by atoms with Crippen LogP contribution in [-0.2, 0) is 20.8 Å². The Morgan fingerprint density at radius 2 is 1.80 bits per heavy atom. The summed E-state index contributed by atoms with van der Waals surface area (Å²) in [6, 6.07) is 1.88. The third kappa shape index (κ3) is 9.02. The van der Waals surface area contributed by atoms with E-state index in [0.717, 1.165) is 56.3 Å². The summed E-state index contributed by atoms with van der Waals surface area (Å²) in [4.78, 5) is 32.7. The van der Waals surface area contributed by atoms with Gasteiger partial charge in [0.2, 0.25) is 0 Å². The number of hydrogen-bond donors (Lipinski definition) is 0. The molecule has 0 aliphatic carbocycles. The van der Waals surface area contributed by atoms with E-state index in [0.29, 0.717) is 28.3 Å². The molecule has 1 fully saturated rings. The van der Waals surface area contributed by atoms with Crippen molar-refractivity contribution in [3.63, 3.8) is 0 Å². The van der Waals surface area contributed by atoms with Gasteiger partial charge >= 0.3 is 5.97 Å². The topological polar surface area (TPSA) is 68.2 Å². The Hall–Kier alpha value is -2.86. The first kappa shape index (κ1) is 28.4. The maximum atomic E-state index is 12.9. The van der Waals surface area contributed by atoms with Crippen LogP contribution in [0.4, 0.5) is 0 Å². The molecule has 0 radical (unpaired) electrons. The second-order valence-electron chi connectivity index (χ2n) is 8.63. The molecule has 7 heteroatoms. The number of esters is 1. The summed E-state index contributed by atoms with van der Waals surface area (Å²) in [5, 5.41) is 4.75. The number of likely N-dealkylation sites (tertiary alicyclic amines) is 1. The molecule has 1 amide bonds. The van der Waals surface area contributed by atoms with Crippen LogP contribution in [0.1, 0.15) is 65.6 Å². The highest BCUT2D eigenvalue weighted by Gasteiger charge is 2.22. The van der Waals surface area contributed by atoms with Crippen LogP contribution in [-0.4, -0.2) is 48.8 Å². The van der Waals surface area contributed by atoms with Gasteiger partial charge in [0.25, 0.3) is 5.91 Å².